The summed E-state index contributed by atoms with van der Waals surface area (Å²) in [5.74, 6) is 1.88. The van der Waals surface area contributed by atoms with Crippen LogP contribution < -0.4 is 9.47 Å². The maximum Gasteiger partial charge on any atom is 0.223 e. The molecule has 5 heteroatoms. The quantitative estimate of drug-likeness (QED) is 0.684. The monoisotopic (exact) mass is 357 g/mol. The molecule has 1 unspecified atom stereocenters. The first-order chi connectivity index (χ1) is 12.2. The first-order valence-corrected chi connectivity index (χ1v) is 9.42. The molecular formula is C20H23NO3S. The van der Waals surface area contributed by atoms with Crippen molar-refractivity contribution >= 4 is 17.7 Å². The molecule has 0 aromatic heterocycles. The molecule has 0 N–H and O–H groups in total. The molecule has 1 heterocycles. The summed E-state index contributed by atoms with van der Waals surface area (Å²) in [6, 6.07) is 15.9. The van der Waals surface area contributed by atoms with E-state index in [1.165, 1.54) is 0 Å². The van der Waals surface area contributed by atoms with E-state index in [1.54, 1.807) is 18.9 Å². The van der Waals surface area contributed by atoms with Gasteiger partial charge in [-0.05, 0) is 43.7 Å². The van der Waals surface area contributed by atoms with Crippen LogP contribution in [-0.4, -0.2) is 31.1 Å². The van der Waals surface area contributed by atoms with Crippen LogP contribution in [0, 0.1) is 0 Å². The lowest BCUT2D eigenvalue weighted by atomic mass is 10.2. The van der Waals surface area contributed by atoms with Crippen molar-refractivity contribution in [2.45, 2.75) is 30.0 Å². The summed E-state index contributed by atoms with van der Waals surface area (Å²) in [4.78, 5) is 15.5. The van der Waals surface area contributed by atoms with Crippen LogP contribution in [0.4, 0.5) is 0 Å². The Hall–Kier alpha value is -2.14. The molecule has 0 spiro atoms. The summed E-state index contributed by atoms with van der Waals surface area (Å²) in [5, 5.41) is -0.0915. The average Bonchev–Trinajstić information content (AvgIpc) is 3.07. The minimum atomic E-state index is -0.0915. The highest BCUT2D eigenvalue weighted by molar-refractivity contribution is 7.99. The number of hydrogen-bond donors (Lipinski definition) is 0. The number of methoxy groups -OCH3 is 1. The number of carbonyl (C=O) groups excluding carboxylic acids is 1. The van der Waals surface area contributed by atoms with Gasteiger partial charge in [0.25, 0.3) is 0 Å². The predicted octanol–water partition coefficient (Wildman–Crippen LogP) is 4.51. The number of benzene rings is 2. The normalized spacial score (nSPS) is 15.3. The molecular weight excluding hydrogens is 334 g/mol. The lowest BCUT2D eigenvalue weighted by Gasteiger charge is -2.29. The zero-order valence-electron chi connectivity index (χ0n) is 14.6. The van der Waals surface area contributed by atoms with E-state index in [0.717, 1.165) is 34.9 Å². The van der Waals surface area contributed by atoms with Gasteiger partial charge >= 0.3 is 0 Å². The van der Waals surface area contributed by atoms with Crippen molar-refractivity contribution in [2.24, 2.45) is 0 Å². The maximum atomic E-state index is 12.4. The summed E-state index contributed by atoms with van der Waals surface area (Å²) in [5.41, 5.74) is 1.04. The first kappa shape index (κ1) is 17.7. The van der Waals surface area contributed by atoms with Gasteiger partial charge < -0.3 is 14.4 Å². The average molecular weight is 357 g/mol. The van der Waals surface area contributed by atoms with Gasteiger partial charge in [0.2, 0.25) is 5.91 Å². The van der Waals surface area contributed by atoms with Crippen LogP contribution in [0.3, 0.4) is 0 Å². The predicted molar refractivity (Wildman–Crippen MR) is 100 cm³/mol. The van der Waals surface area contributed by atoms with E-state index in [1.807, 2.05) is 54.3 Å². The number of para-hydroxylation sites is 1. The number of ether oxygens (including phenoxy) is 2. The van der Waals surface area contributed by atoms with E-state index in [0.29, 0.717) is 13.0 Å². The van der Waals surface area contributed by atoms with E-state index >= 15 is 0 Å². The van der Waals surface area contributed by atoms with E-state index in [2.05, 4.69) is 6.07 Å². The third-order valence-electron chi connectivity index (χ3n) is 4.19. The summed E-state index contributed by atoms with van der Waals surface area (Å²) < 4.78 is 11.0. The van der Waals surface area contributed by atoms with Crippen LogP contribution in [-0.2, 0) is 4.79 Å². The topological polar surface area (TPSA) is 38.8 Å². The Balaban J connectivity index is 1.93. The van der Waals surface area contributed by atoms with Gasteiger partial charge in [-0.2, -0.15) is 0 Å². The van der Waals surface area contributed by atoms with Crippen LogP contribution in [0.15, 0.2) is 53.4 Å². The summed E-state index contributed by atoms with van der Waals surface area (Å²) in [6.45, 7) is 3.36. The molecule has 2 aromatic carbocycles. The van der Waals surface area contributed by atoms with E-state index in [-0.39, 0.29) is 11.3 Å². The molecule has 25 heavy (non-hydrogen) atoms. The lowest BCUT2D eigenvalue weighted by Crippen LogP contribution is -2.28. The molecule has 1 saturated heterocycles. The van der Waals surface area contributed by atoms with Crippen molar-refractivity contribution in [1.29, 1.82) is 0 Å². The van der Waals surface area contributed by atoms with Gasteiger partial charge in [0.1, 0.15) is 16.9 Å². The second kappa shape index (κ2) is 8.30. The number of thioether (sulfide) groups is 1. The molecule has 0 saturated carbocycles. The maximum absolute atomic E-state index is 12.4. The van der Waals surface area contributed by atoms with Gasteiger partial charge in [0.05, 0.1) is 13.7 Å². The minimum absolute atomic E-state index is 0.0915. The van der Waals surface area contributed by atoms with Crippen molar-refractivity contribution in [3.05, 3.63) is 54.1 Å². The SMILES string of the molecule is CCOc1ccccc1C(Sc1ccc(OC)cc1)N1CCCC1=O. The number of hydrogen-bond acceptors (Lipinski definition) is 4. The van der Waals surface area contributed by atoms with Gasteiger partial charge in [-0.1, -0.05) is 30.0 Å². The fourth-order valence-electron chi connectivity index (χ4n) is 2.97. The van der Waals surface area contributed by atoms with Crippen molar-refractivity contribution in [2.75, 3.05) is 20.3 Å². The standard InChI is InChI=1S/C20H23NO3S/c1-3-24-18-8-5-4-7-17(18)20(21-14-6-9-19(21)22)25-16-12-10-15(23-2)11-13-16/h4-5,7-8,10-13,20H,3,6,9,14H2,1-2H3. The Morgan fingerprint density at radius 3 is 2.56 bits per heavy atom. The molecule has 1 aliphatic rings. The van der Waals surface area contributed by atoms with Crippen LogP contribution in [0.25, 0.3) is 0 Å². The third-order valence-corrected chi connectivity index (χ3v) is 5.46. The zero-order chi connectivity index (χ0) is 17.6. The Morgan fingerprint density at radius 2 is 1.92 bits per heavy atom. The van der Waals surface area contributed by atoms with Crippen LogP contribution in [0.2, 0.25) is 0 Å². The highest BCUT2D eigenvalue weighted by Crippen LogP contribution is 2.43. The second-order valence-electron chi connectivity index (χ2n) is 5.81. The zero-order valence-corrected chi connectivity index (χ0v) is 15.4. The van der Waals surface area contributed by atoms with Gasteiger partial charge in [0, 0.05) is 23.4 Å². The van der Waals surface area contributed by atoms with Crippen molar-refractivity contribution in [1.82, 2.24) is 4.90 Å². The summed E-state index contributed by atoms with van der Waals surface area (Å²) >= 11 is 1.67. The number of carbonyl (C=O) groups is 1. The molecule has 4 nitrogen and oxygen atoms in total. The molecule has 1 atom stereocenters. The molecule has 1 fully saturated rings. The Kier molecular flexibility index (Phi) is 5.87. The number of rotatable bonds is 7. The molecule has 1 aliphatic heterocycles. The second-order valence-corrected chi connectivity index (χ2v) is 6.96. The molecule has 1 amide bonds. The van der Waals surface area contributed by atoms with Crippen LogP contribution in [0.1, 0.15) is 30.7 Å². The number of nitrogens with zero attached hydrogens (tertiary/aromatic N) is 1. The Morgan fingerprint density at radius 1 is 1.16 bits per heavy atom. The van der Waals surface area contributed by atoms with Gasteiger partial charge in [-0.3, -0.25) is 4.79 Å². The van der Waals surface area contributed by atoms with E-state index in [9.17, 15) is 4.79 Å². The molecule has 0 aliphatic carbocycles. The fourth-order valence-corrected chi connectivity index (χ4v) is 4.19. The highest BCUT2D eigenvalue weighted by Gasteiger charge is 2.31. The smallest absolute Gasteiger partial charge is 0.223 e. The largest absolute Gasteiger partial charge is 0.497 e. The van der Waals surface area contributed by atoms with Gasteiger partial charge in [-0.15, -0.1) is 0 Å². The van der Waals surface area contributed by atoms with Crippen LogP contribution in [0.5, 0.6) is 11.5 Å². The minimum Gasteiger partial charge on any atom is -0.497 e. The first-order valence-electron chi connectivity index (χ1n) is 8.55. The molecule has 132 valence electrons. The van der Waals surface area contributed by atoms with Gasteiger partial charge in [-0.25, -0.2) is 0 Å². The van der Waals surface area contributed by atoms with E-state index in [4.69, 9.17) is 9.47 Å². The highest BCUT2D eigenvalue weighted by atomic mass is 32.2. The van der Waals surface area contributed by atoms with Crippen molar-refractivity contribution < 1.29 is 14.3 Å². The van der Waals surface area contributed by atoms with Crippen molar-refractivity contribution in [3.63, 3.8) is 0 Å². The van der Waals surface area contributed by atoms with Gasteiger partial charge in [0.15, 0.2) is 0 Å². The third kappa shape index (κ3) is 4.10. The molecule has 2 aromatic rings. The Bertz CT molecular complexity index is 717. The van der Waals surface area contributed by atoms with E-state index < -0.39 is 0 Å². The molecule has 0 bridgehead atoms. The molecule has 0 radical (unpaired) electrons. The number of likely N-dealkylation sites (tertiary alicyclic amines) is 1. The Labute approximate surface area is 153 Å². The number of amides is 1. The summed E-state index contributed by atoms with van der Waals surface area (Å²) in [7, 11) is 1.66. The van der Waals surface area contributed by atoms with Crippen LogP contribution >= 0.6 is 11.8 Å². The molecule has 3 rings (SSSR count). The lowest BCUT2D eigenvalue weighted by molar-refractivity contribution is -0.128. The van der Waals surface area contributed by atoms with Crippen molar-refractivity contribution in [3.8, 4) is 11.5 Å². The fraction of sp³-hybridized carbons (Fsp3) is 0.350. The summed E-state index contributed by atoms with van der Waals surface area (Å²) in [6.07, 6.45) is 1.53.